The van der Waals surface area contributed by atoms with Crippen LogP contribution in [0.25, 0.3) is 0 Å². The SMILES string of the molecule is COc1cc(C)c(Br)c2c1CCC[C@H]2N. The molecule has 0 aliphatic heterocycles. The molecule has 0 radical (unpaired) electrons. The molecule has 1 aromatic rings. The van der Waals surface area contributed by atoms with Crippen LogP contribution in [-0.2, 0) is 6.42 Å². The molecule has 0 saturated carbocycles. The van der Waals surface area contributed by atoms with Gasteiger partial charge < -0.3 is 10.5 Å². The van der Waals surface area contributed by atoms with E-state index in [9.17, 15) is 0 Å². The molecule has 15 heavy (non-hydrogen) atoms. The molecule has 0 fully saturated rings. The van der Waals surface area contributed by atoms with Gasteiger partial charge in [0.2, 0.25) is 0 Å². The molecule has 1 aliphatic rings. The van der Waals surface area contributed by atoms with Crippen LogP contribution in [0.3, 0.4) is 0 Å². The fourth-order valence-corrected chi connectivity index (χ4v) is 2.94. The van der Waals surface area contributed by atoms with Gasteiger partial charge in [-0.25, -0.2) is 0 Å². The Bertz CT molecular complexity index is 390. The molecule has 0 amide bonds. The van der Waals surface area contributed by atoms with Gasteiger partial charge in [0.25, 0.3) is 0 Å². The first-order valence-electron chi connectivity index (χ1n) is 5.26. The van der Waals surface area contributed by atoms with Crippen LogP contribution >= 0.6 is 15.9 Å². The van der Waals surface area contributed by atoms with Crippen molar-refractivity contribution in [2.45, 2.75) is 32.2 Å². The molecule has 0 unspecified atom stereocenters. The number of fused-ring (bicyclic) bond motifs is 1. The lowest BCUT2D eigenvalue weighted by molar-refractivity contribution is 0.402. The zero-order chi connectivity index (χ0) is 11.0. The standard InChI is InChI=1S/C12H16BrNO/c1-7-6-10(15-2)8-4-3-5-9(14)11(8)12(7)13/h6,9H,3-5,14H2,1-2H3/t9-/m1/s1. The van der Waals surface area contributed by atoms with Crippen molar-refractivity contribution in [1.82, 2.24) is 0 Å². The van der Waals surface area contributed by atoms with Gasteiger partial charge in [0, 0.05) is 16.1 Å². The van der Waals surface area contributed by atoms with Crippen LogP contribution in [0.5, 0.6) is 5.75 Å². The molecule has 0 heterocycles. The van der Waals surface area contributed by atoms with E-state index in [-0.39, 0.29) is 6.04 Å². The summed E-state index contributed by atoms with van der Waals surface area (Å²) < 4.78 is 6.58. The van der Waals surface area contributed by atoms with E-state index in [0.29, 0.717) is 0 Å². The summed E-state index contributed by atoms with van der Waals surface area (Å²) in [4.78, 5) is 0. The first kappa shape index (κ1) is 11.0. The van der Waals surface area contributed by atoms with E-state index in [0.717, 1.165) is 29.5 Å². The maximum absolute atomic E-state index is 6.15. The fraction of sp³-hybridized carbons (Fsp3) is 0.500. The van der Waals surface area contributed by atoms with Crippen molar-refractivity contribution in [2.24, 2.45) is 5.73 Å². The van der Waals surface area contributed by atoms with Gasteiger partial charge in [0.15, 0.2) is 0 Å². The zero-order valence-corrected chi connectivity index (χ0v) is 10.7. The number of hydrogen-bond donors (Lipinski definition) is 1. The maximum Gasteiger partial charge on any atom is 0.122 e. The summed E-state index contributed by atoms with van der Waals surface area (Å²) in [5.74, 6) is 0.987. The molecule has 3 heteroatoms. The first-order chi connectivity index (χ1) is 7.15. The molecule has 2 N–H and O–H groups in total. The van der Waals surface area contributed by atoms with Crippen LogP contribution in [0.2, 0.25) is 0 Å². The van der Waals surface area contributed by atoms with Crippen molar-refractivity contribution in [2.75, 3.05) is 7.11 Å². The number of benzene rings is 1. The maximum atomic E-state index is 6.15. The highest BCUT2D eigenvalue weighted by Gasteiger charge is 2.23. The third-order valence-electron chi connectivity index (χ3n) is 3.09. The zero-order valence-electron chi connectivity index (χ0n) is 9.14. The summed E-state index contributed by atoms with van der Waals surface area (Å²) in [5, 5.41) is 0. The largest absolute Gasteiger partial charge is 0.496 e. The Kier molecular flexibility index (Phi) is 3.03. The number of hydrogen-bond acceptors (Lipinski definition) is 2. The van der Waals surface area contributed by atoms with Crippen molar-refractivity contribution >= 4 is 15.9 Å². The monoisotopic (exact) mass is 269 g/mol. The van der Waals surface area contributed by atoms with Crippen LogP contribution in [0, 0.1) is 6.92 Å². The van der Waals surface area contributed by atoms with E-state index < -0.39 is 0 Å². The van der Waals surface area contributed by atoms with Gasteiger partial charge in [-0.1, -0.05) is 15.9 Å². The highest BCUT2D eigenvalue weighted by atomic mass is 79.9. The topological polar surface area (TPSA) is 35.2 Å². The highest BCUT2D eigenvalue weighted by Crippen LogP contribution is 2.40. The predicted octanol–water partition coefficient (Wildman–Crippen LogP) is 3.10. The van der Waals surface area contributed by atoms with Crippen LogP contribution in [-0.4, -0.2) is 7.11 Å². The number of halogens is 1. The minimum Gasteiger partial charge on any atom is -0.496 e. The van der Waals surface area contributed by atoms with Gasteiger partial charge in [-0.05, 0) is 43.4 Å². The Hall–Kier alpha value is -0.540. The molecule has 1 aliphatic carbocycles. The molecule has 2 rings (SSSR count). The van der Waals surface area contributed by atoms with E-state index >= 15 is 0 Å². The molecule has 1 atom stereocenters. The molecule has 2 nitrogen and oxygen atoms in total. The van der Waals surface area contributed by atoms with Crippen molar-refractivity contribution in [3.8, 4) is 5.75 Å². The minimum absolute atomic E-state index is 0.150. The average Bonchev–Trinajstić information content (AvgIpc) is 2.23. The van der Waals surface area contributed by atoms with Gasteiger partial charge >= 0.3 is 0 Å². The van der Waals surface area contributed by atoms with Gasteiger partial charge in [0.1, 0.15) is 5.75 Å². The molecule has 0 bridgehead atoms. The Labute approximate surface area is 98.9 Å². The summed E-state index contributed by atoms with van der Waals surface area (Å²) in [6.07, 6.45) is 3.29. The van der Waals surface area contributed by atoms with Crippen molar-refractivity contribution in [3.63, 3.8) is 0 Å². The van der Waals surface area contributed by atoms with Gasteiger partial charge in [-0.3, -0.25) is 0 Å². The second-order valence-corrected chi connectivity index (χ2v) is 4.89. The Morgan fingerprint density at radius 1 is 1.53 bits per heavy atom. The number of ether oxygens (including phenoxy) is 1. The summed E-state index contributed by atoms with van der Waals surface area (Å²) in [7, 11) is 1.73. The lowest BCUT2D eigenvalue weighted by Crippen LogP contribution is -2.19. The highest BCUT2D eigenvalue weighted by molar-refractivity contribution is 9.10. The third kappa shape index (κ3) is 1.79. The molecular weight excluding hydrogens is 254 g/mol. The van der Waals surface area contributed by atoms with Gasteiger partial charge in [0.05, 0.1) is 7.11 Å². The fourth-order valence-electron chi connectivity index (χ4n) is 2.29. The van der Waals surface area contributed by atoms with Crippen molar-refractivity contribution in [3.05, 3.63) is 27.2 Å². The van der Waals surface area contributed by atoms with Crippen LogP contribution in [0.15, 0.2) is 10.5 Å². The lowest BCUT2D eigenvalue weighted by atomic mass is 9.86. The molecule has 0 saturated heterocycles. The van der Waals surface area contributed by atoms with Crippen LogP contribution < -0.4 is 10.5 Å². The molecule has 82 valence electrons. The predicted molar refractivity (Wildman–Crippen MR) is 65.3 cm³/mol. The first-order valence-corrected chi connectivity index (χ1v) is 6.06. The molecule has 0 aromatic heterocycles. The smallest absolute Gasteiger partial charge is 0.122 e. The lowest BCUT2D eigenvalue weighted by Gasteiger charge is -2.26. The Morgan fingerprint density at radius 2 is 2.27 bits per heavy atom. The number of nitrogens with two attached hydrogens (primary N) is 1. The molecular formula is C12H16BrNO. The van der Waals surface area contributed by atoms with E-state index in [1.165, 1.54) is 16.7 Å². The Morgan fingerprint density at radius 3 is 2.93 bits per heavy atom. The minimum atomic E-state index is 0.150. The normalized spacial score (nSPS) is 19.9. The molecule has 1 aromatic carbocycles. The van der Waals surface area contributed by atoms with Gasteiger partial charge in [-0.2, -0.15) is 0 Å². The summed E-state index contributed by atoms with van der Waals surface area (Å²) in [6, 6.07) is 2.23. The quantitative estimate of drug-likeness (QED) is 0.851. The molecule has 0 spiro atoms. The van der Waals surface area contributed by atoms with Crippen LogP contribution in [0.4, 0.5) is 0 Å². The third-order valence-corrected chi connectivity index (χ3v) is 4.14. The van der Waals surface area contributed by atoms with Crippen molar-refractivity contribution < 1.29 is 4.74 Å². The van der Waals surface area contributed by atoms with E-state index in [2.05, 4.69) is 28.9 Å². The number of methoxy groups -OCH3 is 1. The Balaban J connectivity index is 2.65. The second kappa shape index (κ2) is 4.14. The number of rotatable bonds is 1. The average molecular weight is 270 g/mol. The van der Waals surface area contributed by atoms with Crippen LogP contribution in [0.1, 0.15) is 35.6 Å². The van der Waals surface area contributed by atoms with E-state index in [1.807, 2.05) is 0 Å². The van der Waals surface area contributed by atoms with E-state index in [1.54, 1.807) is 7.11 Å². The van der Waals surface area contributed by atoms with Gasteiger partial charge in [-0.15, -0.1) is 0 Å². The summed E-state index contributed by atoms with van der Waals surface area (Å²) >= 11 is 3.63. The summed E-state index contributed by atoms with van der Waals surface area (Å²) in [6.45, 7) is 2.08. The van der Waals surface area contributed by atoms with E-state index in [4.69, 9.17) is 10.5 Å². The second-order valence-electron chi connectivity index (χ2n) is 4.10. The number of aryl methyl sites for hydroxylation is 1. The summed E-state index contributed by atoms with van der Waals surface area (Å²) in [5.41, 5.74) is 9.89. The van der Waals surface area contributed by atoms with Crippen molar-refractivity contribution in [1.29, 1.82) is 0 Å².